The highest BCUT2D eigenvalue weighted by atomic mass is 16.5. The maximum atomic E-state index is 12.2. The van der Waals surface area contributed by atoms with E-state index in [-0.39, 0.29) is 23.6 Å². The van der Waals surface area contributed by atoms with Crippen LogP contribution in [-0.4, -0.2) is 59.7 Å². The van der Waals surface area contributed by atoms with Crippen molar-refractivity contribution < 1.29 is 9.53 Å². The Morgan fingerprint density at radius 3 is 2.90 bits per heavy atom. The molecule has 3 N–H and O–H groups in total. The number of nitrogens with zero attached hydrogens (tertiary/aromatic N) is 2. The molecule has 0 radical (unpaired) electrons. The molecular formula is C21H27N5O3. The fourth-order valence-electron chi connectivity index (χ4n) is 2.98. The summed E-state index contributed by atoms with van der Waals surface area (Å²) in [6, 6.07) is 5.66. The third-order valence-corrected chi connectivity index (χ3v) is 4.59. The first-order valence-corrected chi connectivity index (χ1v) is 9.66. The number of pyridine rings is 2. The molecule has 2 aromatic heterocycles. The Morgan fingerprint density at radius 2 is 2.17 bits per heavy atom. The van der Waals surface area contributed by atoms with E-state index >= 15 is 0 Å². The van der Waals surface area contributed by atoms with E-state index in [1.807, 2.05) is 39.1 Å². The molecule has 1 saturated heterocycles. The quantitative estimate of drug-likeness (QED) is 0.590. The number of likely N-dealkylation sites (tertiary alicyclic amines) is 1. The van der Waals surface area contributed by atoms with Gasteiger partial charge in [0.15, 0.2) is 0 Å². The molecule has 8 heteroatoms. The summed E-state index contributed by atoms with van der Waals surface area (Å²) in [6.45, 7) is 5.43. The highest BCUT2D eigenvalue weighted by molar-refractivity contribution is 5.88. The maximum absolute atomic E-state index is 12.2. The van der Waals surface area contributed by atoms with Crippen LogP contribution in [0, 0.1) is 0 Å². The molecule has 1 amide bonds. The summed E-state index contributed by atoms with van der Waals surface area (Å²) in [5, 5.41) is 6.24. The van der Waals surface area contributed by atoms with Crippen LogP contribution in [0.2, 0.25) is 0 Å². The molecule has 3 heterocycles. The number of carbonyl (C=O) groups excluding carboxylic acids is 1. The van der Waals surface area contributed by atoms with Gasteiger partial charge in [0, 0.05) is 44.2 Å². The van der Waals surface area contributed by atoms with Crippen molar-refractivity contribution in [1.29, 1.82) is 0 Å². The molecule has 0 unspecified atom stereocenters. The van der Waals surface area contributed by atoms with Crippen LogP contribution in [0.3, 0.4) is 0 Å². The molecule has 0 bridgehead atoms. The fourth-order valence-corrected chi connectivity index (χ4v) is 2.98. The second-order valence-electron chi connectivity index (χ2n) is 7.18. The molecule has 154 valence electrons. The normalized spacial score (nSPS) is 14.3. The van der Waals surface area contributed by atoms with Crippen molar-refractivity contribution in [2.45, 2.75) is 26.0 Å². The maximum Gasteiger partial charge on any atom is 0.271 e. The Bertz CT molecular complexity index is 932. The summed E-state index contributed by atoms with van der Waals surface area (Å²) in [4.78, 5) is 33.0. The Labute approximate surface area is 170 Å². The third kappa shape index (κ3) is 5.45. The zero-order valence-corrected chi connectivity index (χ0v) is 16.9. The van der Waals surface area contributed by atoms with Gasteiger partial charge in [0.1, 0.15) is 11.5 Å². The number of hydrogen-bond acceptors (Lipinski definition) is 6. The number of hydrogen-bond donors (Lipinski definition) is 3. The smallest absolute Gasteiger partial charge is 0.271 e. The molecule has 1 aliphatic rings. The Hall–Kier alpha value is -3.13. The summed E-state index contributed by atoms with van der Waals surface area (Å²) >= 11 is 0. The number of ether oxygens (including phenoxy) is 1. The number of anilines is 2. The van der Waals surface area contributed by atoms with Crippen molar-refractivity contribution >= 4 is 17.4 Å². The molecule has 29 heavy (non-hydrogen) atoms. The average molecular weight is 397 g/mol. The number of aromatic nitrogens is 2. The van der Waals surface area contributed by atoms with Crippen molar-refractivity contribution in [2.75, 3.05) is 37.4 Å². The SMILES string of the molecule is CNc1cc(-c2c[nH]c(=O)c(NC3CN(C(=O)/C=C/COC(C)C)C3)c2)ccn1. The van der Waals surface area contributed by atoms with Crippen LogP contribution < -0.4 is 16.2 Å². The van der Waals surface area contributed by atoms with E-state index in [9.17, 15) is 9.59 Å². The van der Waals surface area contributed by atoms with Gasteiger partial charge in [-0.15, -0.1) is 0 Å². The molecule has 0 aromatic carbocycles. The molecule has 2 aromatic rings. The number of amides is 1. The first kappa shape index (κ1) is 20.6. The van der Waals surface area contributed by atoms with Gasteiger partial charge in [-0.1, -0.05) is 6.08 Å². The lowest BCUT2D eigenvalue weighted by Crippen LogP contribution is -2.57. The van der Waals surface area contributed by atoms with Gasteiger partial charge in [-0.2, -0.15) is 0 Å². The number of rotatable bonds is 8. The van der Waals surface area contributed by atoms with E-state index in [2.05, 4.69) is 20.6 Å². The summed E-state index contributed by atoms with van der Waals surface area (Å²) < 4.78 is 5.38. The predicted molar refractivity (Wildman–Crippen MR) is 114 cm³/mol. The first-order chi connectivity index (χ1) is 14.0. The zero-order valence-electron chi connectivity index (χ0n) is 16.9. The summed E-state index contributed by atoms with van der Waals surface area (Å²) in [6.07, 6.45) is 6.80. The lowest BCUT2D eigenvalue weighted by molar-refractivity contribution is -0.129. The molecule has 0 aliphatic carbocycles. The largest absolute Gasteiger partial charge is 0.375 e. The molecule has 0 atom stereocenters. The first-order valence-electron chi connectivity index (χ1n) is 9.66. The zero-order chi connectivity index (χ0) is 20.8. The lowest BCUT2D eigenvalue weighted by atomic mass is 10.1. The van der Waals surface area contributed by atoms with Crippen LogP contribution in [-0.2, 0) is 9.53 Å². The number of carbonyl (C=O) groups is 1. The van der Waals surface area contributed by atoms with Crippen molar-refractivity contribution in [3.63, 3.8) is 0 Å². The van der Waals surface area contributed by atoms with Crippen molar-refractivity contribution in [3.05, 3.63) is 53.1 Å². The molecule has 8 nitrogen and oxygen atoms in total. The lowest BCUT2D eigenvalue weighted by Gasteiger charge is -2.39. The van der Waals surface area contributed by atoms with Gasteiger partial charge in [0.25, 0.3) is 5.56 Å². The Kier molecular flexibility index (Phi) is 6.66. The topological polar surface area (TPSA) is 99.4 Å². The second-order valence-corrected chi connectivity index (χ2v) is 7.18. The Morgan fingerprint density at radius 1 is 1.38 bits per heavy atom. The van der Waals surface area contributed by atoms with Crippen LogP contribution in [0.5, 0.6) is 0 Å². The molecule has 1 fully saturated rings. The van der Waals surface area contributed by atoms with Gasteiger partial charge in [0.05, 0.1) is 18.8 Å². The van der Waals surface area contributed by atoms with E-state index in [1.165, 1.54) is 6.08 Å². The summed E-state index contributed by atoms with van der Waals surface area (Å²) in [5.41, 5.74) is 2.13. The van der Waals surface area contributed by atoms with Crippen molar-refractivity contribution in [2.24, 2.45) is 0 Å². The highest BCUT2D eigenvalue weighted by Gasteiger charge is 2.29. The summed E-state index contributed by atoms with van der Waals surface area (Å²) in [5.74, 6) is 0.706. The Balaban J connectivity index is 1.58. The molecule has 0 saturated carbocycles. The van der Waals surface area contributed by atoms with Crippen molar-refractivity contribution in [1.82, 2.24) is 14.9 Å². The number of aromatic amines is 1. The van der Waals surface area contributed by atoms with E-state index in [1.54, 1.807) is 23.4 Å². The van der Waals surface area contributed by atoms with Crippen molar-refractivity contribution in [3.8, 4) is 11.1 Å². The molecule has 1 aliphatic heterocycles. The van der Waals surface area contributed by atoms with E-state index in [0.29, 0.717) is 25.4 Å². The second kappa shape index (κ2) is 9.38. The van der Waals surface area contributed by atoms with E-state index in [4.69, 9.17) is 4.74 Å². The number of nitrogens with one attached hydrogen (secondary N) is 3. The van der Waals surface area contributed by atoms with Gasteiger partial charge < -0.3 is 25.3 Å². The number of H-pyrrole nitrogens is 1. The van der Waals surface area contributed by atoms with E-state index in [0.717, 1.165) is 16.9 Å². The minimum absolute atomic E-state index is 0.0425. The summed E-state index contributed by atoms with van der Waals surface area (Å²) in [7, 11) is 1.81. The average Bonchev–Trinajstić information content (AvgIpc) is 2.68. The fraction of sp³-hybridized carbons (Fsp3) is 0.381. The molecular weight excluding hydrogens is 370 g/mol. The standard InChI is InChI=1S/C21H27N5O3/c1-14(2)29-8-4-5-20(27)26-12-17(13-26)25-18-9-16(11-24-21(18)28)15-6-7-23-19(10-15)22-3/h4-7,9-11,14,17,25H,8,12-13H2,1-3H3,(H,22,23)(H,24,28)/b5-4+. The van der Waals surface area contributed by atoms with E-state index < -0.39 is 0 Å². The van der Waals surface area contributed by atoms with Crippen LogP contribution in [0.4, 0.5) is 11.5 Å². The van der Waals surface area contributed by atoms with Crippen LogP contribution in [0.15, 0.2) is 47.5 Å². The van der Waals surface area contributed by atoms with Crippen LogP contribution in [0.25, 0.3) is 11.1 Å². The van der Waals surface area contributed by atoms with Gasteiger partial charge in [0.2, 0.25) is 5.91 Å². The highest BCUT2D eigenvalue weighted by Crippen LogP contribution is 2.22. The monoisotopic (exact) mass is 397 g/mol. The van der Waals surface area contributed by atoms with Crippen LogP contribution in [0.1, 0.15) is 13.8 Å². The van der Waals surface area contributed by atoms with Gasteiger partial charge in [-0.25, -0.2) is 4.98 Å². The minimum atomic E-state index is -0.188. The van der Waals surface area contributed by atoms with Gasteiger partial charge in [-0.3, -0.25) is 9.59 Å². The van der Waals surface area contributed by atoms with Gasteiger partial charge >= 0.3 is 0 Å². The van der Waals surface area contributed by atoms with Crippen LogP contribution >= 0.6 is 0 Å². The predicted octanol–water partition coefficient (Wildman–Crippen LogP) is 2.08. The molecule has 3 rings (SSSR count). The minimum Gasteiger partial charge on any atom is -0.375 e. The molecule has 0 spiro atoms. The van der Waals surface area contributed by atoms with Gasteiger partial charge in [-0.05, 0) is 37.6 Å². The third-order valence-electron chi connectivity index (χ3n) is 4.59.